The number of hydrogen-bond donors (Lipinski definition) is 0. The summed E-state index contributed by atoms with van der Waals surface area (Å²) in [4.78, 5) is 22.4. The fourth-order valence-electron chi connectivity index (χ4n) is 0.635. The third-order valence-electron chi connectivity index (χ3n) is 1.22. The molecule has 58 valence electrons. The summed E-state index contributed by atoms with van der Waals surface area (Å²) in [6, 6.07) is 0. The van der Waals surface area contributed by atoms with E-state index >= 15 is 0 Å². The van der Waals surface area contributed by atoms with Crippen LogP contribution in [0.4, 0.5) is 0 Å². The number of rotatable bonds is 3. The van der Waals surface area contributed by atoms with Gasteiger partial charge in [0.15, 0.2) is 0 Å². The zero-order chi connectivity index (χ0) is 8.15. The summed E-state index contributed by atoms with van der Waals surface area (Å²) >= 11 is 4.95. The third-order valence-corrected chi connectivity index (χ3v) is 1.38. The van der Waals surface area contributed by atoms with Crippen molar-refractivity contribution in [1.82, 2.24) is 4.90 Å². The smallest absolute Gasteiger partial charge is 0.310 e. The first-order valence-electron chi connectivity index (χ1n) is 3.12. The number of carbonyl (C=O) groups excluding carboxylic acids is 2. The highest BCUT2D eigenvalue weighted by Crippen LogP contribution is 1.92. The Morgan fingerprint density at radius 2 is 1.70 bits per heavy atom. The maximum absolute atomic E-state index is 10.7. The molecular weight excluding hydrogens is 154 g/mol. The van der Waals surface area contributed by atoms with Gasteiger partial charge in [0.2, 0.25) is 0 Å². The molecule has 0 aliphatic carbocycles. The number of halogens is 1. The zero-order valence-corrected chi connectivity index (χ0v) is 6.81. The predicted molar refractivity (Wildman–Crippen MR) is 38.8 cm³/mol. The van der Waals surface area contributed by atoms with Crippen molar-refractivity contribution in [2.24, 2.45) is 0 Å². The van der Waals surface area contributed by atoms with E-state index in [-0.39, 0.29) is 0 Å². The van der Waals surface area contributed by atoms with Crippen LogP contribution in [0.5, 0.6) is 0 Å². The van der Waals surface area contributed by atoms with Crippen LogP contribution in [0.25, 0.3) is 0 Å². The molecule has 0 rings (SSSR count). The Kier molecular flexibility index (Phi) is 4.03. The number of hydrogen-bond acceptors (Lipinski definition) is 2. The van der Waals surface area contributed by atoms with Gasteiger partial charge < -0.3 is 4.90 Å². The lowest BCUT2D eigenvalue weighted by Gasteiger charge is -2.14. The molecule has 0 N–H and O–H groups in total. The Balaban J connectivity index is 4.02. The van der Waals surface area contributed by atoms with E-state index in [1.807, 2.05) is 0 Å². The number of carbonyl (C=O) groups is 2. The minimum Gasteiger partial charge on any atom is -0.336 e. The van der Waals surface area contributed by atoms with Gasteiger partial charge in [0.05, 0.1) is 0 Å². The van der Waals surface area contributed by atoms with E-state index in [0.717, 1.165) is 0 Å². The van der Waals surface area contributed by atoms with Gasteiger partial charge in [-0.25, -0.2) is 0 Å². The van der Waals surface area contributed by atoms with Crippen LogP contribution in [-0.4, -0.2) is 29.1 Å². The van der Waals surface area contributed by atoms with Crippen molar-refractivity contribution in [3.05, 3.63) is 0 Å². The summed E-state index contributed by atoms with van der Waals surface area (Å²) in [7, 11) is 0. The van der Waals surface area contributed by atoms with Crippen molar-refractivity contribution in [1.29, 1.82) is 0 Å². The molecule has 0 unspecified atom stereocenters. The maximum Gasteiger partial charge on any atom is 0.310 e. The maximum atomic E-state index is 10.7. The molecule has 0 aliphatic rings. The van der Waals surface area contributed by atoms with Gasteiger partial charge in [-0.05, 0) is 25.4 Å². The van der Waals surface area contributed by atoms with Gasteiger partial charge in [0.1, 0.15) is 0 Å². The second-order valence-corrected chi connectivity index (χ2v) is 2.09. The molecule has 0 radical (unpaired) electrons. The van der Waals surface area contributed by atoms with E-state index in [0.29, 0.717) is 13.1 Å². The standard InChI is InChI=1S/C6H10ClNO2/c1-3-8(4-2)6(10)5(7)9/h3-4H2,1-2H3. The Hall–Kier alpha value is -0.570. The molecule has 0 saturated carbocycles. The topological polar surface area (TPSA) is 37.4 Å². The van der Waals surface area contributed by atoms with Crippen LogP contribution >= 0.6 is 11.6 Å². The minimum atomic E-state index is -0.913. The molecule has 0 atom stereocenters. The van der Waals surface area contributed by atoms with E-state index in [4.69, 9.17) is 11.6 Å². The van der Waals surface area contributed by atoms with Gasteiger partial charge in [-0.1, -0.05) is 0 Å². The lowest BCUT2D eigenvalue weighted by Crippen LogP contribution is -2.33. The van der Waals surface area contributed by atoms with Crippen LogP contribution in [0.3, 0.4) is 0 Å². The summed E-state index contributed by atoms with van der Waals surface area (Å²) in [6.45, 7) is 4.63. The van der Waals surface area contributed by atoms with Gasteiger partial charge in [-0.3, -0.25) is 9.59 Å². The molecule has 0 bridgehead atoms. The highest BCUT2D eigenvalue weighted by Gasteiger charge is 2.15. The van der Waals surface area contributed by atoms with Crippen molar-refractivity contribution in [3.8, 4) is 0 Å². The first kappa shape index (κ1) is 9.43. The molecule has 0 spiro atoms. The number of likely N-dealkylation sites (N-methyl/N-ethyl adjacent to an activating group) is 1. The fraction of sp³-hybridized carbons (Fsp3) is 0.667. The van der Waals surface area contributed by atoms with Gasteiger partial charge in [0.25, 0.3) is 0 Å². The van der Waals surface area contributed by atoms with Gasteiger partial charge >= 0.3 is 11.1 Å². The minimum absolute atomic E-state index is 0.522. The van der Waals surface area contributed by atoms with E-state index in [1.54, 1.807) is 13.8 Å². The van der Waals surface area contributed by atoms with Crippen LogP contribution in [0, 0.1) is 0 Å². The fourth-order valence-corrected chi connectivity index (χ4v) is 0.755. The Morgan fingerprint density at radius 3 is 1.80 bits per heavy atom. The van der Waals surface area contributed by atoms with E-state index < -0.39 is 11.1 Å². The van der Waals surface area contributed by atoms with Gasteiger partial charge in [-0.15, -0.1) is 0 Å². The first-order chi connectivity index (χ1) is 4.63. The van der Waals surface area contributed by atoms with Crippen molar-refractivity contribution in [3.63, 3.8) is 0 Å². The molecule has 0 heterocycles. The first-order valence-corrected chi connectivity index (χ1v) is 3.50. The Labute approximate surface area is 65.0 Å². The van der Waals surface area contributed by atoms with Crippen LogP contribution in [-0.2, 0) is 9.59 Å². The molecule has 0 saturated heterocycles. The second kappa shape index (κ2) is 4.28. The Bertz CT molecular complexity index is 143. The quantitative estimate of drug-likeness (QED) is 0.452. The van der Waals surface area contributed by atoms with Crippen molar-refractivity contribution >= 4 is 22.8 Å². The molecule has 4 heteroatoms. The van der Waals surface area contributed by atoms with Crippen molar-refractivity contribution < 1.29 is 9.59 Å². The summed E-state index contributed by atoms with van der Waals surface area (Å²) < 4.78 is 0. The van der Waals surface area contributed by atoms with Gasteiger partial charge in [0, 0.05) is 13.1 Å². The van der Waals surface area contributed by atoms with Gasteiger partial charge in [-0.2, -0.15) is 0 Å². The molecule has 0 aromatic carbocycles. The number of amides is 1. The van der Waals surface area contributed by atoms with E-state index in [1.165, 1.54) is 4.90 Å². The SMILES string of the molecule is CCN(CC)C(=O)C(=O)Cl. The molecule has 0 aliphatic heterocycles. The van der Waals surface area contributed by atoms with Crippen LogP contribution in [0.2, 0.25) is 0 Å². The highest BCUT2D eigenvalue weighted by molar-refractivity contribution is 6.80. The zero-order valence-electron chi connectivity index (χ0n) is 6.06. The monoisotopic (exact) mass is 163 g/mol. The predicted octanol–water partition coefficient (Wildman–Crippen LogP) is 0.620. The highest BCUT2D eigenvalue weighted by atomic mass is 35.5. The lowest BCUT2D eigenvalue weighted by molar-refractivity contribution is -0.140. The second-order valence-electron chi connectivity index (χ2n) is 1.75. The summed E-state index contributed by atoms with van der Waals surface area (Å²) in [5.41, 5.74) is 0. The van der Waals surface area contributed by atoms with Crippen LogP contribution in [0.15, 0.2) is 0 Å². The van der Waals surface area contributed by atoms with Crippen LogP contribution < -0.4 is 0 Å². The Morgan fingerprint density at radius 1 is 1.30 bits per heavy atom. The largest absolute Gasteiger partial charge is 0.336 e. The molecule has 1 amide bonds. The molecule has 10 heavy (non-hydrogen) atoms. The molecule has 0 aromatic rings. The molecular formula is C6H10ClNO2. The summed E-state index contributed by atoms with van der Waals surface area (Å²) in [6.07, 6.45) is 0. The van der Waals surface area contributed by atoms with Crippen molar-refractivity contribution in [2.45, 2.75) is 13.8 Å². The molecule has 3 nitrogen and oxygen atoms in total. The normalized spacial score (nSPS) is 9.10. The average Bonchev–Trinajstić information content (AvgIpc) is 1.90. The van der Waals surface area contributed by atoms with Crippen LogP contribution in [0.1, 0.15) is 13.8 Å². The third kappa shape index (κ3) is 2.35. The van der Waals surface area contributed by atoms with E-state index in [9.17, 15) is 9.59 Å². The van der Waals surface area contributed by atoms with E-state index in [2.05, 4.69) is 0 Å². The van der Waals surface area contributed by atoms with Crippen molar-refractivity contribution in [2.75, 3.05) is 13.1 Å². The summed E-state index contributed by atoms with van der Waals surface area (Å²) in [5.74, 6) is -0.619. The average molecular weight is 164 g/mol. The molecule has 0 aromatic heterocycles. The molecule has 0 fully saturated rings. The summed E-state index contributed by atoms with van der Waals surface area (Å²) in [5, 5.41) is -0.913. The number of nitrogens with zero attached hydrogens (tertiary/aromatic N) is 1. The lowest BCUT2D eigenvalue weighted by atomic mass is 10.5.